The fourth-order valence-electron chi connectivity index (χ4n) is 2.67. The molecule has 1 heterocycles. The third-order valence-electron chi connectivity index (χ3n) is 4.07. The van der Waals surface area contributed by atoms with Crippen molar-refractivity contribution in [1.82, 2.24) is 10.3 Å². The van der Waals surface area contributed by atoms with E-state index in [9.17, 15) is 9.59 Å². The van der Waals surface area contributed by atoms with Gasteiger partial charge in [-0.05, 0) is 30.2 Å². The molecule has 2 aromatic carbocycles. The SMILES string of the molecule is COc1cc2cc(CCNC(=O)OCc3ccccc3)c(=O)[nH]c2cc1Cl. The average Bonchev–Trinajstić information content (AvgIpc) is 2.67. The number of rotatable bonds is 6. The molecule has 1 amide bonds. The Morgan fingerprint density at radius 2 is 1.96 bits per heavy atom. The Bertz CT molecular complexity index is 1000. The minimum atomic E-state index is -0.524. The molecule has 0 aliphatic carbocycles. The molecule has 0 bridgehead atoms. The Hall–Kier alpha value is -2.99. The molecule has 1 aromatic heterocycles. The van der Waals surface area contributed by atoms with Crippen LogP contribution in [0.5, 0.6) is 5.75 Å². The van der Waals surface area contributed by atoms with Crippen LogP contribution in [0.3, 0.4) is 0 Å². The zero-order chi connectivity index (χ0) is 19.2. The van der Waals surface area contributed by atoms with Gasteiger partial charge >= 0.3 is 6.09 Å². The largest absolute Gasteiger partial charge is 0.495 e. The van der Waals surface area contributed by atoms with Gasteiger partial charge in [0, 0.05) is 17.5 Å². The average molecular weight is 387 g/mol. The van der Waals surface area contributed by atoms with Crippen LogP contribution in [0.25, 0.3) is 10.9 Å². The number of fused-ring (bicyclic) bond motifs is 1. The number of ether oxygens (including phenoxy) is 2. The summed E-state index contributed by atoms with van der Waals surface area (Å²) in [5.41, 5.74) is 1.87. The van der Waals surface area contributed by atoms with Crippen LogP contribution in [-0.2, 0) is 17.8 Å². The van der Waals surface area contributed by atoms with Crippen molar-refractivity contribution in [2.24, 2.45) is 0 Å². The van der Waals surface area contributed by atoms with Crippen molar-refractivity contribution < 1.29 is 14.3 Å². The smallest absolute Gasteiger partial charge is 0.407 e. The first kappa shape index (κ1) is 18.8. The number of pyridine rings is 1. The number of carbonyl (C=O) groups excluding carboxylic acids is 1. The van der Waals surface area contributed by atoms with E-state index in [4.69, 9.17) is 21.1 Å². The number of carbonyl (C=O) groups is 1. The lowest BCUT2D eigenvalue weighted by Gasteiger charge is -2.09. The van der Waals surface area contributed by atoms with Crippen LogP contribution in [-0.4, -0.2) is 24.7 Å². The lowest BCUT2D eigenvalue weighted by Crippen LogP contribution is -2.28. The molecule has 27 heavy (non-hydrogen) atoms. The fraction of sp³-hybridized carbons (Fsp3) is 0.200. The Kier molecular flexibility index (Phi) is 5.98. The number of hydrogen-bond donors (Lipinski definition) is 2. The Morgan fingerprint density at radius 1 is 1.19 bits per heavy atom. The van der Waals surface area contributed by atoms with E-state index in [0.717, 1.165) is 10.9 Å². The van der Waals surface area contributed by atoms with Gasteiger partial charge in [0.2, 0.25) is 0 Å². The van der Waals surface area contributed by atoms with Gasteiger partial charge in [0.05, 0.1) is 17.6 Å². The maximum Gasteiger partial charge on any atom is 0.407 e. The first-order chi connectivity index (χ1) is 13.1. The van der Waals surface area contributed by atoms with Crippen molar-refractivity contribution in [2.45, 2.75) is 13.0 Å². The summed E-state index contributed by atoms with van der Waals surface area (Å²) in [5, 5.41) is 3.88. The quantitative estimate of drug-likeness (QED) is 0.677. The Balaban J connectivity index is 1.59. The molecule has 3 rings (SSSR count). The van der Waals surface area contributed by atoms with E-state index in [1.807, 2.05) is 30.3 Å². The van der Waals surface area contributed by atoms with Gasteiger partial charge in [-0.25, -0.2) is 4.79 Å². The van der Waals surface area contributed by atoms with E-state index in [1.165, 1.54) is 7.11 Å². The summed E-state index contributed by atoms with van der Waals surface area (Å²) < 4.78 is 10.3. The molecule has 6 nitrogen and oxygen atoms in total. The van der Waals surface area contributed by atoms with Crippen molar-refractivity contribution in [3.8, 4) is 5.75 Å². The Morgan fingerprint density at radius 3 is 2.70 bits per heavy atom. The summed E-state index contributed by atoms with van der Waals surface area (Å²) in [6.07, 6.45) is -0.152. The van der Waals surface area contributed by atoms with Crippen LogP contribution in [0.15, 0.2) is 53.3 Å². The lowest BCUT2D eigenvalue weighted by molar-refractivity contribution is 0.140. The second kappa shape index (κ2) is 8.60. The van der Waals surface area contributed by atoms with Gasteiger partial charge in [-0.3, -0.25) is 4.79 Å². The lowest BCUT2D eigenvalue weighted by atomic mass is 10.1. The zero-order valence-electron chi connectivity index (χ0n) is 14.8. The van der Waals surface area contributed by atoms with Crippen molar-refractivity contribution in [1.29, 1.82) is 0 Å². The fourth-order valence-corrected chi connectivity index (χ4v) is 2.91. The van der Waals surface area contributed by atoms with Crippen LogP contribution in [0, 0.1) is 0 Å². The maximum absolute atomic E-state index is 12.2. The number of hydrogen-bond acceptors (Lipinski definition) is 4. The molecule has 0 radical (unpaired) electrons. The molecule has 0 saturated heterocycles. The van der Waals surface area contributed by atoms with Crippen molar-refractivity contribution in [3.63, 3.8) is 0 Å². The molecule has 0 spiro atoms. The molecule has 3 aromatic rings. The monoisotopic (exact) mass is 386 g/mol. The predicted molar refractivity (Wildman–Crippen MR) is 104 cm³/mol. The van der Waals surface area contributed by atoms with Crippen molar-refractivity contribution >= 4 is 28.6 Å². The number of amides is 1. The molecule has 0 aliphatic heterocycles. The van der Waals surface area contributed by atoms with E-state index in [0.29, 0.717) is 28.3 Å². The molecule has 140 valence electrons. The second-order valence-corrected chi connectivity index (χ2v) is 6.34. The van der Waals surface area contributed by atoms with Crippen LogP contribution >= 0.6 is 11.6 Å². The molecular formula is C20H19ClN2O4. The number of aromatic nitrogens is 1. The van der Waals surface area contributed by atoms with Gasteiger partial charge in [0.1, 0.15) is 12.4 Å². The van der Waals surface area contributed by atoms with Gasteiger partial charge in [0.15, 0.2) is 0 Å². The number of H-pyrrole nitrogens is 1. The molecule has 0 unspecified atom stereocenters. The summed E-state index contributed by atoms with van der Waals surface area (Å²) in [6.45, 7) is 0.483. The summed E-state index contributed by atoms with van der Waals surface area (Å²) in [6, 6.07) is 14.6. The van der Waals surface area contributed by atoms with Gasteiger partial charge in [-0.15, -0.1) is 0 Å². The highest BCUT2D eigenvalue weighted by Gasteiger charge is 2.09. The van der Waals surface area contributed by atoms with E-state index in [1.54, 1.807) is 18.2 Å². The molecule has 0 saturated carbocycles. The summed E-state index contributed by atoms with van der Waals surface area (Å²) in [5.74, 6) is 0.532. The van der Waals surface area contributed by atoms with Crippen molar-refractivity contribution in [3.05, 3.63) is 75.0 Å². The van der Waals surface area contributed by atoms with Crippen LogP contribution in [0.1, 0.15) is 11.1 Å². The van der Waals surface area contributed by atoms with Gasteiger partial charge in [0.25, 0.3) is 5.56 Å². The van der Waals surface area contributed by atoms with E-state index >= 15 is 0 Å². The molecular weight excluding hydrogens is 368 g/mol. The van der Waals surface area contributed by atoms with E-state index < -0.39 is 6.09 Å². The standard InChI is InChI=1S/C20H19ClN2O4/c1-26-18-10-15-9-14(19(24)23-17(15)11-16(18)21)7-8-22-20(25)27-12-13-5-3-2-4-6-13/h2-6,9-11H,7-8,12H2,1H3,(H,22,25)(H,23,24). The number of halogens is 1. The summed E-state index contributed by atoms with van der Waals surface area (Å²) in [7, 11) is 1.53. The van der Waals surface area contributed by atoms with Gasteiger partial charge < -0.3 is 19.8 Å². The number of nitrogens with one attached hydrogen (secondary N) is 2. The third kappa shape index (κ3) is 4.80. The number of benzene rings is 2. The molecule has 2 N–H and O–H groups in total. The molecule has 0 aliphatic rings. The summed E-state index contributed by atoms with van der Waals surface area (Å²) >= 11 is 6.08. The molecule has 0 atom stereocenters. The van der Waals surface area contributed by atoms with E-state index in [-0.39, 0.29) is 18.7 Å². The minimum Gasteiger partial charge on any atom is -0.495 e. The zero-order valence-corrected chi connectivity index (χ0v) is 15.5. The van der Waals surface area contributed by atoms with Gasteiger partial charge in [-0.1, -0.05) is 41.9 Å². The predicted octanol–water partition coefficient (Wildman–Crippen LogP) is 3.66. The van der Waals surface area contributed by atoms with Crippen LogP contribution < -0.4 is 15.6 Å². The van der Waals surface area contributed by atoms with Crippen LogP contribution in [0.2, 0.25) is 5.02 Å². The number of methoxy groups -OCH3 is 1. The molecule has 0 fully saturated rings. The second-order valence-electron chi connectivity index (χ2n) is 5.94. The molecule has 7 heteroatoms. The normalized spacial score (nSPS) is 10.6. The topological polar surface area (TPSA) is 80.4 Å². The first-order valence-corrected chi connectivity index (χ1v) is 8.78. The first-order valence-electron chi connectivity index (χ1n) is 8.41. The van der Waals surface area contributed by atoms with E-state index in [2.05, 4.69) is 10.3 Å². The third-order valence-corrected chi connectivity index (χ3v) is 4.37. The minimum absolute atomic E-state index is 0.198. The number of alkyl carbamates (subject to hydrolysis) is 1. The highest BCUT2D eigenvalue weighted by atomic mass is 35.5. The maximum atomic E-state index is 12.2. The highest BCUT2D eigenvalue weighted by Crippen LogP contribution is 2.28. The van der Waals surface area contributed by atoms with Crippen LogP contribution in [0.4, 0.5) is 4.79 Å². The Labute approximate surface area is 161 Å². The summed E-state index contributed by atoms with van der Waals surface area (Å²) in [4.78, 5) is 26.8. The van der Waals surface area contributed by atoms with Gasteiger partial charge in [-0.2, -0.15) is 0 Å². The highest BCUT2D eigenvalue weighted by molar-refractivity contribution is 6.32. The number of aromatic amines is 1. The van der Waals surface area contributed by atoms with Crippen molar-refractivity contribution in [2.75, 3.05) is 13.7 Å².